The number of hydrogen-bond acceptors (Lipinski definition) is 8. The molecule has 0 spiro atoms. The van der Waals surface area contributed by atoms with Crippen LogP contribution in [-0.2, 0) is 0 Å². The van der Waals surface area contributed by atoms with Gasteiger partial charge < -0.3 is 16.5 Å². The Hall–Kier alpha value is -2.62. The summed E-state index contributed by atoms with van der Waals surface area (Å²) in [5, 5.41) is 11.2. The summed E-state index contributed by atoms with van der Waals surface area (Å²) in [6.07, 6.45) is 0. The quantitative estimate of drug-likeness (QED) is 0.414. The average molecular weight is 280 g/mol. The summed E-state index contributed by atoms with van der Waals surface area (Å²) < 4.78 is 0. The first-order valence-corrected chi connectivity index (χ1v) is 5.73. The molecule has 19 heavy (non-hydrogen) atoms. The fourth-order valence-electron chi connectivity index (χ4n) is 1.26. The van der Waals surface area contributed by atoms with Gasteiger partial charge in [0.15, 0.2) is 5.16 Å². The van der Waals surface area contributed by atoms with Gasteiger partial charge in [-0.2, -0.15) is 0 Å². The standard InChI is InChI=1S/C9H8N6O3S/c10-5-3-6(16)13-9(12-5)19-7-2-1-4(15(17)18)8(11)14-7/h1-3H,(H2,11,14)(H3,10,12,13,16). The fraction of sp³-hybridized carbons (Fsp3) is 0. The Morgan fingerprint density at radius 1 is 1.32 bits per heavy atom. The molecule has 9 nitrogen and oxygen atoms in total. The molecule has 0 aliphatic heterocycles. The molecule has 0 saturated carbocycles. The van der Waals surface area contributed by atoms with Crippen molar-refractivity contribution >= 4 is 29.1 Å². The van der Waals surface area contributed by atoms with Gasteiger partial charge in [-0.1, -0.05) is 0 Å². The third-order valence-electron chi connectivity index (χ3n) is 2.01. The van der Waals surface area contributed by atoms with Crippen molar-refractivity contribution in [2.45, 2.75) is 10.2 Å². The summed E-state index contributed by atoms with van der Waals surface area (Å²) >= 11 is 0.990. The SMILES string of the molecule is Nc1cc(=O)[nH]c(Sc2ccc([N+](=O)[O-])c(N)n2)n1. The predicted octanol–water partition coefficient (Wildman–Crippen LogP) is 0.389. The van der Waals surface area contributed by atoms with Gasteiger partial charge in [0.1, 0.15) is 10.8 Å². The number of hydrogen-bond donors (Lipinski definition) is 3. The normalized spacial score (nSPS) is 10.3. The van der Waals surface area contributed by atoms with Gasteiger partial charge in [0.2, 0.25) is 5.82 Å². The van der Waals surface area contributed by atoms with Crippen LogP contribution in [0.15, 0.2) is 33.2 Å². The third kappa shape index (κ3) is 2.98. The number of pyridine rings is 1. The fourth-order valence-corrected chi connectivity index (χ4v) is 2.04. The van der Waals surface area contributed by atoms with E-state index in [0.717, 1.165) is 17.8 Å². The molecule has 0 aliphatic carbocycles. The van der Waals surface area contributed by atoms with Crippen LogP contribution >= 0.6 is 11.8 Å². The molecule has 2 rings (SSSR count). The molecule has 2 aromatic heterocycles. The monoisotopic (exact) mass is 280 g/mol. The predicted molar refractivity (Wildman–Crippen MR) is 68.7 cm³/mol. The van der Waals surface area contributed by atoms with E-state index in [9.17, 15) is 14.9 Å². The van der Waals surface area contributed by atoms with Crippen LogP contribution in [0.5, 0.6) is 0 Å². The van der Waals surface area contributed by atoms with Gasteiger partial charge >= 0.3 is 5.69 Å². The van der Waals surface area contributed by atoms with Crippen LogP contribution in [0.4, 0.5) is 17.3 Å². The zero-order valence-corrected chi connectivity index (χ0v) is 10.2. The van der Waals surface area contributed by atoms with Crippen molar-refractivity contribution in [3.8, 4) is 0 Å². The van der Waals surface area contributed by atoms with Crippen LogP contribution in [0.1, 0.15) is 0 Å². The van der Waals surface area contributed by atoms with Crippen molar-refractivity contribution in [1.29, 1.82) is 0 Å². The first-order valence-electron chi connectivity index (χ1n) is 4.91. The van der Waals surface area contributed by atoms with Crippen molar-refractivity contribution < 1.29 is 4.92 Å². The molecule has 5 N–H and O–H groups in total. The molecule has 2 heterocycles. The molecule has 2 aromatic rings. The van der Waals surface area contributed by atoms with Gasteiger partial charge in [0.05, 0.1) is 4.92 Å². The van der Waals surface area contributed by atoms with E-state index in [2.05, 4.69) is 15.0 Å². The topological polar surface area (TPSA) is 154 Å². The summed E-state index contributed by atoms with van der Waals surface area (Å²) in [4.78, 5) is 31.3. The third-order valence-corrected chi connectivity index (χ3v) is 2.84. The molecule has 10 heteroatoms. The van der Waals surface area contributed by atoms with Gasteiger partial charge in [-0.3, -0.25) is 14.9 Å². The molecule has 0 atom stereocenters. The molecule has 0 radical (unpaired) electrons. The van der Waals surface area contributed by atoms with Crippen molar-refractivity contribution in [2.24, 2.45) is 0 Å². The minimum atomic E-state index is -0.628. The summed E-state index contributed by atoms with van der Waals surface area (Å²) in [5.74, 6) is -0.137. The van der Waals surface area contributed by atoms with E-state index in [1.165, 1.54) is 12.1 Å². The van der Waals surface area contributed by atoms with Crippen molar-refractivity contribution in [3.63, 3.8) is 0 Å². The molecule has 0 aromatic carbocycles. The summed E-state index contributed by atoms with van der Waals surface area (Å²) in [6.45, 7) is 0. The van der Waals surface area contributed by atoms with Crippen LogP contribution < -0.4 is 17.0 Å². The molecule has 0 bridgehead atoms. The number of rotatable bonds is 3. The van der Waals surface area contributed by atoms with Crippen LogP contribution in [0.3, 0.4) is 0 Å². The first-order chi connectivity index (χ1) is 8.95. The highest BCUT2D eigenvalue weighted by Gasteiger charge is 2.13. The number of aromatic nitrogens is 3. The van der Waals surface area contributed by atoms with E-state index in [-0.39, 0.29) is 22.5 Å². The Bertz CT molecular complexity index is 701. The lowest BCUT2D eigenvalue weighted by atomic mass is 10.4. The number of nitrogen functional groups attached to an aromatic ring is 2. The number of nitrogens with two attached hydrogens (primary N) is 2. The largest absolute Gasteiger partial charge is 0.383 e. The molecular formula is C9H8N6O3S. The Morgan fingerprint density at radius 2 is 2.05 bits per heavy atom. The lowest BCUT2D eigenvalue weighted by Crippen LogP contribution is -2.09. The van der Waals surface area contributed by atoms with Gasteiger partial charge in [-0.15, -0.1) is 0 Å². The van der Waals surface area contributed by atoms with Crippen molar-refractivity contribution in [3.05, 3.63) is 38.7 Å². The van der Waals surface area contributed by atoms with E-state index in [1.54, 1.807) is 0 Å². The van der Waals surface area contributed by atoms with Crippen LogP contribution in [-0.4, -0.2) is 19.9 Å². The first kappa shape index (κ1) is 12.8. The summed E-state index contributed by atoms with van der Waals surface area (Å²) in [5.41, 5.74) is 10.2. The Morgan fingerprint density at radius 3 is 2.63 bits per heavy atom. The zero-order chi connectivity index (χ0) is 14.0. The average Bonchev–Trinajstić information content (AvgIpc) is 2.26. The highest BCUT2D eigenvalue weighted by molar-refractivity contribution is 7.99. The highest BCUT2D eigenvalue weighted by Crippen LogP contribution is 2.27. The Kier molecular flexibility index (Phi) is 3.33. The maximum Gasteiger partial charge on any atom is 0.311 e. The number of nitrogens with zero attached hydrogens (tertiary/aromatic N) is 3. The molecule has 0 amide bonds. The second-order valence-electron chi connectivity index (χ2n) is 3.39. The van der Waals surface area contributed by atoms with Crippen molar-refractivity contribution in [1.82, 2.24) is 15.0 Å². The zero-order valence-electron chi connectivity index (χ0n) is 9.36. The Balaban J connectivity index is 2.31. The number of anilines is 2. The lowest BCUT2D eigenvalue weighted by molar-refractivity contribution is -0.384. The second kappa shape index (κ2) is 4.94. The van der Waals surface area contributed by atoms with Crippen LogP contribution in [0, 0.1) is 10.1 Å². The number of nitrogens with one attached hydrogen (secondary N) is 1. The Labute approximate surface area is 110 Å². The maximum absolute atomic E-state index is 11.2. The van der Waals surface area contributed by atoms with E-state index in [4.69, 9.17) is 11.5 Å². The number of nitro groups is 1. The number of aromatic amines is 1. The smallest absolute Gasteiger partial charge is 0.311 e. The van der Waals surface area contributed by atoms with E-state index < -0.39 is 10.5 Å². The molecule has 0 saturated heterocycles. The summed E-state index contributed by atoms with van der Waals surface area (Å²) in [6, 6.07) is 3.78. The van der Waals surface area contributed by atoms with Gasteiger partial charge in [0, 0.05) is 12.1 Å². The minimum absolute atomic E-state index is 0.0705. The van der Waals surface area contributed by atoms with Gasteiger partial charge in [-0.05, 0) is 17.8 Å². The molecule has 0 aliphatic rings. The van der Waals surface area contributed by atoms with Gasteiger partial charge in [-0.25, -0.2) is 9.97 Å². The van der Waals surface area contributed by atoms with Crippen LogP contribution in [0.2, 0.25) is 0 Å². The van der Waals surface area contributed by atoms with Gasteiger partial charge in [0.25, 0.3) is 5.56 Å². The van der Waals surface area contributed by atoms with E-state index >= 15 is 0 Å². The minimum Gasteiger partial charge on any atom is -0.383 e. The number of H-pyrrole nitrogens is 1. The van der Waals surface area contributed by atoms with Crippen molar-refractivity contribution in [2.75, 3.05) is 11.5 Å². The molecule has 0 fully saturated rings. The second-order valence-corrected chi connectivity index (χ2v) is 4.40. The van der Waals surface area contributed by atoms with E-state index in [0.29, 0.717) is 5.03 Å². The van der Waals surface area contributed by atoms with Crippen LogP contribution in [0.25, 0.3) is 0 Å². The molecule has 98 valence electrons. The lowest BCUT2D eigenvalue weighted by Gasteiger charge is -2.02. The molecule has 0 unspecified atom stereocenters. The maximum atomic E-state index is 11.2. The van der Waals surface area contributed by atoms with E-state index in [1.807, 2.05) is 0 Å². The summed E-state index contributed by atoms with van der Waals surface area (Å²) in [7, 11) is 0. The molecular weight excluding hydrogens is 272 g/mol. The highest BCUT2D eigenvalue weighted by atomic mass is 32.2.